The van der Waals surface area contributed by atoms with E-state index in [1.54, 1.807) is 7.11 Å². The van der Waals surface area contributed by atoms with E-state index in [9.17, 15) is 0 Å². The molecule has 3 heteroatoms. The van der Waals surface area contributed by atoms with Gasteiger partial charge in [-0.2, -0.15) is 0 Å². The highest BCUT2D eigenvalue weighted by atomic mass is 16.5. The van der Waals surface area contributed by atoms with Gasteiger partial charge in [0.05, 0.1) is 13.7 Å². The molecule has 1 N–H and O–H groups in total. The Balaban J connectivity index is 2.19. The van der Waals surface area contributed by atoms with Crippen LogP contribution in [-0.2, 0) is 6.54 Å². The first-order chi connectivity index (χ1) is 11.0. The predicted octanol–water partition coefficient (Wildman–Crippen LogP) is 4.96. The fraction of sp³-hybridized carbons (Fsp3) is 0.400. The van der Waals surface area contributed by atoms with Gasteiger partial charge in [-0.05, 0) is 43.0 Å². The highest BCUT2D eigenvalue weighted by Crippen LogP contribution is 2.32. The first-order valence-electron chi connectivity index (χ1n) is 8.11. The van der Waals surface area contributed by atoms with E-state index in [1.807, 2.05) is 12.1 Å². The fourth-order valence-corrected chi connectivity index (χ4v) is 2.39. The SMILES string of the molecule is COc1cccc(CNc2cc(C)ccc2C)c1OCC(C)C. The predicted molar refractivity (Wildman–Crippen MR) is 96.6 cm³/mol. The van der Waals surface area contributed by atoms with Crippen molar-refractivity contribution in [2.24, 2.45) is 5.92 Å². The maximum atomic E-state index is 6.00. The largest absolute Gasteiger partial charge is 0.493 e. The van der Waals surface area contributed by atoms with Crippen LogP contribution >= 0.6 is 0 Å². The number of benzene rings is 2. The maximum Gasteiger partial charge on any atom is 0.166 e. The molecular weight excluding hydrogens is 286 g/mol. The van der Waals surface area contributed by atoms with Crippen molar-refractivity contribution in [3.63, 3.8) is 0 Å². The zero-order valence-electron chi connectivity index (χ0n) is 14.8. The molecule has 3 nitrogen and oxygen atoms in total. The van der Waals surface area contributed by atoms with Gasteiger partial charge in [-0.3, -0.25) is 0 Å². The van der Waals surface area contributed by atoms with Crippen molar-refractivity contribution in [3.8, 4) is 11.5 Å². The van der Waals surface area contributed by atoms with Gasteiger partial charge in [-0.1, -0.05) is 38.1 Å². The molecule has 2 aromatic rings. The Kier molecular flexibility index (Phi) is 5.91. The summed E-state index contributed by atoms with van der Waals surface area (Å²) in [7, 11) is 1.68. The molecule has 0 saturated heterocycles. The summed E-state index contributed by atoms with van der Waals surface area (Å²) in [6, 6.07) is 12.5. The minimum Gasteiger partial charge on any atom is -0.493 e. The number of hydrogen-bond donors (Lipinski definition) is 1. The lowest BCUT2D eigenvalue weighted by molar-refractivity contribution is 0.254. The number of rotatable bonds is 7. The molecule has 0 atom stereocenters. The average molecular weight is 313 g/mol. The summed E-state index contributed by atoms with van der Waals surface area (Å²) < 4.78 is 11.5. The van der Waals surface area contributed by atoms with Crippen molar-refractivity contribution in [1.29, 1.82) is 0 Å². The molecule has 0 radical (unpaired) electrons. The van der Waals surface area contributed by atoms with Crippen LogP contribution in [-0.4, -0.2) is 13.7 Å². The summed E-state index contributed by atoms with van der Waals surface area (Å²) in [5.41, 5.74) is 4.75. The van der Waals surface area contributed by atoms with Crippen LogP contribution in [0.25, 0.3) is 0 Å². The Morgan fingerprint density at radius 3 is 2.57 bits per heavy atom. The lowest BCUT2D eigenvalue weighted by atomic mass is 10.1. The molecule has 0 bridgehead atoms. The number of nitrogens with one attached hydrogen (secondary N) is 1. The zero-order valence-corrected chi connectivity index (χ0v) is 14.8. The van der Waals surface area contributed by atoms with Crippen LogP contribution in [0.5, 0.6) is 11.5 Å². The molecule has 2 rings (SSSR count). The number of aryl methyl sites for hydroxylation is 2. The summed E-state index contributed by atoms with van der Waals surface area (Å²) in [4.78, 5) is 0. The van der Waals surface area contributed by atoms with Crippen molar-refractivity contribution in [3.05, 3.63) is 53.1 Å². The third-order valence-electron chi connectivity index (χ3n) is 3.70. The van der Waals surface area contributed by atoms with Crippen molar-refractivity contribution >= 4 is 5.69 Å². The summed E-state index contributed by atoms with van der Waals surface area (Å²) in [5.74, 6) is 2.09. The summed E-state index contributed by atoms with van der Waals surface area (Å²) in [5, 5.41) is 3.51. The lowest BCUT2D eigenvalue weighted by Crippen LogP contribution is -2.09. The van der Waals surface area contributed by atoms with Crippen LogP contribution < -0.4 is 14.8 Å². The van der Waals surface area contributed by atoms with E-state index >= 15 is 0 Å². The van der Waals surface area contributed by atoms with Crippen LogP contribution in [0, 0.1) is 19.8 Å². The van der Waals surface area contributed by atoms with E-state index in [4.69, 9.17) is 9.47 Å². The van der Waals surface area contributed by atoms with Crippen molar-refractivity contribution in [2.75, 3.05) is 19.0 Å². The Hall–Kier alpha value is -2.16. The van der Waals surface area contributed by atoms with Crippen molar-refractivity contribution in [1.82, 2.24) is 0 Å². The van der Waals surface area contributed by atoms with E-state index in [1.165, 1.54) is 11.1 Å². The Labute approximate surface area is 139 Å². The topological polar surface area (TPSA) is 30.5 Å². The molecule has 0 heterocycles. The average Bonchev–Trinajstić information content (AvgIpc) is 2.53. The number of anilines is 1. The third kappa shape index (κ3) is 4.65. The molecule has 0 spiro atoms. The Morgan fingerprint density at radius 2 is 1.87 bits per heavy atom. The zero-order chi connectivity index (χ0) is 16.8. The van der Waals surface area contributed by atoms with Gasteiger partial charge in [0.1, 0.15) is 0 Å². The van der Waals surface area contributed by atoms with E-state index in [2.05, 4.69) is 57.3 Å². The molecule has 0 unspecified atom stereocenters. The lowest BCUT2D eigenvalue weighted by Gasteiger charge is -2.17. The van der Waals surface area contributed by atoms with Gasteiger partial charge >= 0.3 is 0 Å². The smallest absolute Gasteiger partial charge is 0.166 e. The summed E-state index contributed by atoms with van der Waals surface area (Å²) >= 11 is 0. The monoisotopic (exact) mass is 313 g/mol. The first kappa shape index (κ1) is 17.2. The number of ether oxygens (including phenoxy) is 2. The van der Waals surface area contributed by atoms with Crippen molar-refractivity contribution in [2.45, 2.75) is 34.2 Å². The van der Waals surface area contributed by atoms with Gasteiger partial charge in [0, 0.05) is 17.8 Å². The first-order valence-corrected chi connectivity index (χ1v) is 8.11. The second kappa shape index (κ2) is 7.91. The van der Waals surface area contributed by atoms with Crippen LogP contribution in [0.2, 0.25) is 0 Å². The van der Waals surface area contributed by atoms with E-state index in [-0.39, 0.29) is 0 Å². The molecule has 23 heavy (non-hydrogen) atoms. The second-order valence-corrected chi connectivity index (χ2v) is 6.33. The minimum absolute atomic E-state index is 0.472. The maximum absolute atomic E-state index is 6.00. The molecule has 0 aromatic heterocycles. The van der Waals surface area contributed by atoms with Gasteiger partial charge in [0.15, 0.2) is 11.5 Å². The summed E-state index contributed by atoms with van der Waals surface area (Å²) in [6.07, 6.45) is 0. The normalized spacial score (nSPS) is 10.7. The highest BCUT2D eigenvalue weighted by molar-refractivity contribution is 5.54. The molecule has 0 aliphatic heterocycles. The van der Waals surface area contributed by atoms with Crippen LogP contribution in [0.3, 0.4) is 0 Å². The van der Waals surface area contributed by atoms with Crippen LogP contribution in [0.1, 0.15) is 30.5 Å². The van der Waals surface area contributed by atoms with Gasteiger partial charge in [-0.25, -0.2) is 0 Å². The second-order valence-electron chi connectivity index (χ2n) is 6.33. The quantitative estimate of drug-likeness (QED) is 0.783. The van der Waals surface area contributed by atoms with Gasteiger partial charge in [0.25, 0.3) is 0 Å². The third-order valence-corrected chi connectivity index (χ3v) is 3.70. The minimum atomic E-state index is 0.472. The molecule has 0 amide bonds. The molecule has 2 aromatic carbocycles. The Morgan fingerprint density at radius 1 is 1.09 bits per heavy atom. The Bertz CT molecular complexity index is 650. The molecule has 0 saturated carbocycles. The van der Waals surface area contributed by atoms with Gasteiger partial charge in [0.2, 0.25) is 0 Å². The molecule has 0 aliphatic carbocycles. The van der Waals surface area contributed by atoms with E-state index in [0.717, 1.165) is 22.7 Å². The molecular formula is C20H27NO2. The molecule has 0 fully saturated rings. The molecule has 0 aliphatic rings. The standard InChI is InChI=1S/C20H27NO2/c1-14(2)13-23-20-17(7-6-8-19(20)22-5)12-21-18-11-15(3)9-10-16(18)4/h6-11,14,21H,12-13H2,1-5H3. The van der Waals surface area contributed by atoms with E-state index < -0.39 is 0 Å². The number of methoxy groups -OCH3 is 1. The van der Waals surface area contributed by atoms with Gasteiger partial charge < -0.3 is 14.8 Å². The van der Waals surface area contributed by atoms with Crippen LogP contribution in [0.4, 0.5) is 5.69 Å². The number of hydrogen-bond acceptors (Lipinski definition) is 3. The summed E-state index contributed by atoms with van der Waals surface area (Å²) in [6.45, 7) is 9.88. The molecule has 124 valence electrons. The highest BCUT2D eigenvalue weighted by Gasteiger charge is 2.11. The van der Waals surface area contributed by atoms with Crippen LogP contribution in [0.15, 0.2) is 36.4 Å². The van der Waals surface area contributed by atoms with E-state index in [0.29, 0.717) is 19.1 Å². The fourth-order valence-electron chi connectivity index (χ4n) is 2.39. The van der Waals surface area contributed by atoms with Crippen molar-refractivity contribution < 1.29 is 9.47 Å². The number of para-hydroxylation sites is 1. The van der Waals surface area contributed by atoms with Gasteiger partial charge in [-0.15, -0.1) is 0 Å².